The minimum Gasteiger partial charge on any atom is -0.327 e. The van der Waals surface area contributed by atoms with Crippen LogP contribution in [0.5, 0.6) is 0 Å². The first-order valence-electron chi connectivity index (χ1n) is 7.84. The van der Waals surface area contributed by atoms with Crippen molar-refractivity contribution >= 4 is 0 Å². The Morgan fingerprint density at radius 1 is 1.11 bits per heavy atom. The van der Waals surface area contributed by atoms with E-state index in [0.717, 1.165) is 5.92 Å². The van der Waals surface area contributed by atoms with Crippen LogP contribution < -0.4 is 5.73 Å². The Hall–Kier alpha value is -0.0800. The third-order valence-electron chi connectivity index (χ3n) is 5.98. The summed E-state index contributed by atoms with van der Waals surface area (Å²) in [6.07, 6.45) is 6.70. The van der Waals surface area contributed by atoms with Crippen molar-refractivity contribution in [3.8, 4) is 0 Å². The summed E-state index contributed by atoms with van der Waals surface area (Å²) in [5.74, 6) is 0.728. The molecule has 0 spiro atoms. The van der Waals surface area contributed by atoms with E-state index in [2.05, 4.69) is 32.6 Å². The van der Waals surface area contributed by atoms with Crippen molar-refractivity contribution < 1.29 is 0 Å². The van der Waals surface area contributed by atoms with Crippen LogP contribution in [0.2, 0.25) is 0 Å². The Morgan fingerprint density at radius 2 is 1.72 bits per heavy atom. The van der Waals surface area contributed by atoms with Crippen molar-refractivity contribution in [3.05, 3.63) is 0 Å². The summed E-state index contributed by atoms with van der Waals surface area (Å²) in [6, 6.07) is 0.400. The molecule has 2 heteroatoms. The molecule has 2 fully saturated rings. The van der Waals surface area contributed by atoms with Crippen LogP contribution in [0.3, 0.4) is 0 Å². The fourth-order valence-electron chi connectivity index (χ4n) is 3.71. The fraction of sp³-hybridized carbons (Fsp3) is 1.00. The zero-order chi connectivity index (χ0) is 13.4. The molecule has 2 rings (SSSR count). The number of hydrogen-bond donors (Lipinski definition) is 1. The Kier molecular flexibility index (Phi) is 4.08. The second-order valence-corrected chi connectivity index (χ2v) is 7.78. The molecule has 1 aliphatic carbocycles. The van der Waals surface area contributed by atoms with E-state index < -0.39 is 0 Å². The molecule has 2 atom stereocenters. The van der Waals surface area contributed by atoms with Gasteiger partial charge in [0.05, 0.1) is 0 Å². The Balaban J connectivity index is 1.82. The molecule has 0 aromatic carbocycles. The van der Waals surface area contributed by atoms with Gasteiger partial charge in [0.25, 0.3) is 0 Å². The van der Waals surface area contributed by atoms with Crippen LogP contribution >= 0.6 is 0 Å². The van der Waals surface area contributed by atoms with Crippen LogP contribution in [0.1, 0.15) is 59.8 Å². The number of piperidine rings is 1. The molecule has 106 valence electrons. The Bertz CT molecular complexity index is 277. The molecule has 0 aromatic heterocycles. The Labute approximate surface area is 113 Å². The molecule has 1 aliphatic heterocycles. The van der Waals surface area contributed by atoms with Gasteiger partial charge in [-0.3, -0.25) is 0 Å². The van der Waals surface area contributed by atoms with E-state index in [1.54, 1.807) is 0 Å². The third-order valence-corrected chi connectivity index (χ3v) is 5.98. The number of rotatable bonds is 3. The second-order valence-electron chi connectivity index (χ2n) is 7.78. The minimum atomic E-state index is 0.360. The van der Waals surface area contributed by atoms with Gasteiger partial charge >= 0.3 is 0 Å². The van der Waals surface area contributed by atoms with Gasteiger partial charge in [-0.2, -0.15) is 0 Å². The van der Waals surface area contributed by atoms with E-state index in [-0.39, 0.29) is 0 Å². The van der Waals surface area contributed by atoms with Crippen molar-refractivity contribution in [2.24, 2.45) is 22.5 Å². The number of likely N-dealkylation sites (tertiary alicyclic amines) is 1. The predicted molar refractivity (Wildman–Crippen MR) is 78.6 cm³/mol. The summed E-state index contributed by atoms with van der Waals surface area (Å²) in [5.41, 5.74) is 7.39. The first kappa shape index (κ1) is 14.3. The number of hydrogen-bond acceptors (Lipinski definition) is 2. The molecule has 2 aliphatic rings. The molecule has 1 saturated carbocycles. The van der Waals surface area contributed by atoms with Gasteiger partial charge in [-0.15, -0.1) is 0 Å². The van der Waals surface area contributed by atoms with Crippen LogP contribution in [-0.2, 0) is 0 Å². The van der Waals surface area contributed by atoms with Gasteiger partial charge in [-0.25, -0.2) is 0 Å². The summed E-state index contributed by atoms with van der Waals surface area (Å²) in [4.78, 5) is 2.67. The van der Waals surface area contributed by atoms with E-state index >= 15 is 0 Å². The normalized spacial score (nSPS) is 35.8. The average molecular weight is 252 g/mol. The lowest BCUT2D eigenvalue weighted by molar-refractivity contribution is 0.0967. The zero-order valence-corrected chi connectivity index (χ0v) is 12.8. The minimum absolute atomic E-state index is 0.360. The molecule has 1 heterocycles. The van der Waals surface area contributed by atoms with Crippen molar-refractivity contribution in [2.45, 2.75) is 65.8 Å². The molecule has 2 nitrogen and oxygen atoms in total. The van der Waals surface area contributed by atoms with Crippen LogP contribution in [0.15, 0.2) is 0 Å². The van der Waals surface area contributed by atoms with Gasteiger partial charge in [-0.05, 0) is 55.5 Å². The molecule has 0 aromatic rings. The van der Waals surface area contributed by atoms with E-state index in [1.165, 1.54) is 51.7 Å². The lowest BCUT2D eigenvalue weighted by Gasteiger charge is -2.40. The third kappa shape index (κ3) is 2.91. The van der Waals surface area contributed by atoms with Gasteiger partial charge < -0.3 is 10.6 Å². The second kappa shape index (κ2) is 5.13. The van der Waals surface area contributed by atoms with Crippen LogP contribution in [0.25, 0.3) is 0 Å². The summed E-state index contributed by atoms with van der Waals surface area (Å²) in [6.45, 7) is 13.3. The topological polar surface area (TPSA) is 29.3 Å². The van der Waals surface area contributed by atoms with Crippen molar-refractivity contribution in [1.29, 1.82) is 0 Å². The smallest absolute Gasteiger partial charge is 0.0131 e. The van der Waals surface area contributed by atoms with E-state index in [0.29, 0.717) is 16.9 Å². The highest BCUT2D eigenvalue weighted by molar-refractivity contribution is 4.95. The van der Waals surface area contributed by atoms with Crippen molar-refractivity contribution in [3.63, 3.8) is 0 Å². The van der Waals surface area contributed by atoms with Crippen molar-refractivity contribution in [2.75, 3.05) is 19.6 Å². The van der Waals surface area contributed by atoms with Gasteiger partial charge in [0.2, 0.25) is 0 Å². The first-order valence-corrected chi connectivity index (χ1v) is 7.84. The standard InChI is InChI=1S/C16H32N2/c1-5-16(4)8-10-18(11-9-16)12-13-6-7-15(2,3)14(13)17/h13-14H,5-12,17H2,1-4H3. The monoisotopic (exact) mass is 252 g/mol. The molecule has 0 amide bonds. The molecule has 2 N–H and O–H groups in total. The molecule has 0 bridgehead atoms. The van der Waals surface area contributed by atoms with Gasteiger partial charge in [0.1, 0.15) is 0 Å². The van der Waals surface area contributed by atoms with E-state index in [4.69, 9.17) is 5.73 Å². The zero-order valence-electron chi connectivity index (χ0n) is 12.8. The molecule has 2 unspecified atom stereocenters. The highest BCUT2D eigenvalue weighted by Crippen LogP contribution is 2.41. The highest BCUT2D eigenvalue weighted by atomic mass is 15.1. The average Bonchev–Trinajstić information content (AvgIpc) is 2.59. The number of nitrogens with two attached hydrogens (primary N) is 1. The van der Waals surface area contributed by atoms with E-state index in [1.807, 2.05) is 0 Å². The maximum atomic E-state index is 6.43. The first-order chi connectivity index (χ1) is 8.36. The fourth-order valence-corrected chi connectivity index (χ4v) is 3.71. The lowest BCUT2D eigenvalue weighted by atomic mass is 9.78. The molecule has 18 heavy (non-hydrogen) atoms. The molecule has 0 radical (unpaired) electrons. The predicted octanol–water partition coefficient (Wildman–Crippen LogP) is 3.26. The summed E-state index contributed by atoms with van der Waals surface area (Å²) in [7, 11) is 0. The SMILES string of the molecule is CCC1(C)CCN(CC2CCC(C)(C)C2N)CC1. The summed E-state index contributed by atoms with van der Waals surface area (Å²) < 4.78 is 0. The molecular formula is C16H32N2. The molecule has 1 saturated heterocycles. The van der Waals surface area contributed by atoms with Gasteiger partial charge in [-0.1, -0.05) is 34.1 Å². The quantitative estimate of drug-likeness (QED) is 0.835. The Morgan fingerprint density at radius 3 is 2.17 bits per heavy atom. The largest absolute Gasteiger partial charge is 0.327 e. The highest BCUT2D eigenvalue weighted by Gasteiger charge is 2.40. The molecular weight excluding hydrogens is 220 g/mol. The van der Waals surface area contributed by atoms with Gasteiger partial charge in [0, 0.05) is 12.6 Å². The number of nitrogens with zero attached hydrogens (tertiary/aromatic N) is 1. The van der Waals surface area contributed by atoms with Crippen LogP contribution in [0.4, 0.5) is 0 Å². The summed E-state index contributed by atoms with van der Waals surface area (Å²) >= 11 is 0. The van der Waals surface area contributed by atoms with Gasteiger partial charge in [0.15, 0.2) is 0 Å². The maximum absolute atomic E-state index is 6.43. The van der Waals surface area contributed by atoms with E-state index in [9.17, 15) is 0 Å². The van der Waals surface area contributed by atoms with Crippen molar-refractivity contribution in [1.82, 2.24) is 4.90 Å². The maximum Gasteiger partial charge on any atom is 0.0131 e. The van der Waals surface area contributed by atoms with Crippen LogP contribution in [0, 0.1) is 16.7 Å². The van der Waals surface area contributed by atoms with Crippen LogP contribution in [-0.4, -0.2) is 30.6 Å². The summed E-state index contributed by atoms with van der Waals surface area (Å²) in [5, 5.41) is 0. The lowest BCUT2D eigenvalue weighted by Crippen LogP contribution is -2.45.